The summed E-state index contributed by atoms with van der Waals surface area (Å²) < 4.78 is 1.65. The Kier molecular flexibility index (Phi) is 5.96. The number of nitrogens with zero attached hydrogens (tertiary/aromatic N) is 5. The van der Waals surface area contributed by atoms with Gasteiger partial charge in [0.2, 0.25) is 11.1 Å². The fraction of sp³-hybridized carbons (Fsp3) is 0.278. The lowest BCUT2D eigenvalue weighted by atomic mass is 10.2. The van der Waals surface area contributed by atoms with Gasteiger partial charge in [0.1, 0.15) is 0 Å². The van der Waals surface area contributed by atoms with Gasteiger partial charge in [-0.2, -0.15) is 4.68 Å². The molecule has 0 unspecified atom stereocenters. The topological polar surface area (TPSA) is 85.6 Å². The molecule has 0 aliphatic carbocycles. The molecule has 0 saturated heterocycles. The Morgan fingerprint density at radius 3 is 2.96 bits per heavy atom. The van der Waals surface area contributed by atoms with E-state index in [1.54, 1.807) is 17.1 Å². The van der Waals surface area contributed by atoms with Crippen LogP contribution in [0.2, 0.25) is 0 Å². The summed E-state index contributed by atoms with van der Waals surface area (Å²) in [7, 11) is 0. The van der Waals surface area contributed by atoms with E-state index >= 15 is 0 Å². The number of carbonyl (C=O) groups excluding carboxylic acids is 1. The minimum atomic E-state index is -0.307. The van der Waals surface area contributed by atoms with E-state index in [2.05, 4.69) is 25.8 Å². The number of hydrogen-bond donors (Lipinski definition) is 1. The minimum absolute atomic E-state index is 0.0438. The molecule has 26 heavy (non-hydrogen) atoms. The molecule has 1 amide bonds. The summed E-state index contributed by atoms with van der Waals surface area (Å²) in [6.07, 6.45) is 4.29. The Labute approximate surface area is 156 Å². The molecule has 7 nitrogen and oxygen atoms in total. The molecule has 8 heteroatoms. The summed E-state index contributed by atoms with van der Waals surface area (Å²) in [5, 5.41) is 15.1. The Morgan fingerprint density at radius 2 is 2.19 bits per heavy atom. The second-order valence-corrected chi connectivity index (χ2v) is 7.18. The van der Waals surface area contributed by atoms with Gasteiger partial charge in [-0.05, 0) is 60.0 Å². The van der Waals surface area contributed by atoms with E-state index in [4.69, 9.17) is 0 Å². The van der Waals surface area contributed by atoms with Gasteiger partial charge in [0.25, 0.3) is 0 Å². The number of aryl methyl sites for hydroxylation is 1. The molecule has 0 saturated carbocycles. The van der Waals surface area contributed by atoms with Crippen molar-refractivity contribution in [3.8, 4) is 5.69 Å². The molecule has 2 aromatic heterocycles. The third kappa shape index (κ3) is 4.66. The lowest BCUT2D eigenvalue weighted by molar-refractivity contribution is -0.120. The molecule has 0 aliphatic heterocycles. The van der Waals surface area contributed by atoms with Crippen LogP contribution in [0.5, 0.6) is 0 Å². The first-order valence-corrected chi connectivity index (χ1v) is 9.20. The van der Waals surface area contributed by atoms with Crippen molar-refractivity contribution in [3.63, 3.8) is 0 Å². The van der Waals surface area contributed by atoms with Crippen LogP contribution in [-0.4, -0.2) is 42.9 Å². The maximum absolute atomic E-state index is 12.3. The number of tetrazole rings is 1. The van der Waals surface area contributed by atoms with Crippen LogP contribution in [0.1, 0.15) is 18.1 Å². The Morgan fingerprint density at radius 1 is 1.31 bits per heavy atom. The average molecular weight is 368 g/mol. The monoisotopic (exact) mass is 368 g/mol. The fourth-order valence-electron chi connectivity index (χ4n) is 2.41. The molecule has 0 fully saturated rings. The lowest BCUT2D eigenvalue weighted by Crippen LogP contribution is -2.32. The van der Waals surface area contributed by atoms with Crippen LogP contribution in [0.15, 0.2) is 53.9 Å². The van der Waals surface area contributed by atoms with E-state index in [0.29, 0.717) is 11.7 Å². The molecule has 3 aromatic rings. The standard InChI is InChI=1S/C18H20N6OS/c1-13-5-3-7-16(11-13)24-18(21-22-23-24)26-14(2)17(25)20-10-8-15-6-4-9-19-12-15/h3-7,9,11-12,14H,8,10H2,1-2H3,(H,20,25)/t14-/m1/s1. The third-order valence-corrected chi connectivity index (χ3v) is 4.81. The Hall–Kier alpha value is -2.74. The molecule has 0 radical (unpaired) electrons. The Bertz CT molecular complexity index is 867. The zero-order chi connectivity index (χ0) is 18.4. The van der Waals surface area contributed by atoms with E-state index in [1.165, 1.54) is 11.8 Å². The van der Waals surface area contributed by atoms with E-state index in [-0.39, 0.29) is 11.2 Å². The maximum Gasteiger partial charge on any atom is 0.233 e. The number of nitrogens with one attached hydrogen (secondary N) is 1. The maximum atomic E-state index is 12.3. The third-order valence-electron chi connectivity index (χ3n) is 3.77. The van der Waals surface area contributed by atoms with Gasteiger partial charge in [0.15, 0.2) is 0 Å². The van der Waals surface area contributed by atoms with Crippen molar-refractivity contribution in [1.82, 2.24) is 30.5 Å². The van der Waals surface area contributed by atoms with Gasteiger partial charge in [-0.15, -0.1) is 5.10 Å². The molecule has 3 rings (SSSR count). The summed E-state index contributed by atoms with van der Waals surface area (Å²) in [5.41, 5.74) is 3.09. The highest BCUT2D eigenvalue weighted by Gasteiger charge is 2.19. The number of pyridine rings is 1. The normalized spacial score (nSPS) is 11.9. The minimum Gasteiger partial charge on any atom is -0.355 e. The van der Waals surface area contributed by atoms with E-state index < -0.39 is 0 Å². The van der Waals surface area contributed by atoms with Crippen LogP contribution in [0.3, 0.4) is 0 Å². The number of amides is 1. The van der Waals surface area contributed by atoms with Gasteiger partial charge in [-0.1, -0.05) is 30.0 Å². The van der Waals surface area contributed by atoms with Crippen molar-refractivity contribution in [3.05, 3.63) is 59.9 Å². The Balaban J connectivity index is 1.57. The van der Waals surface area contributed by atoms with Gasteiger partial charge in [-0.25, -0.2) is 0 Å². The molecule has 1 N–H and O–H groups in total. The number of thioether (sulfide) groups is 1. The molecular formula is C18H20N6OS. The van der Waals surface area contributed by atoms with Crippen LogP contribution in [0.4, 0.5) is 0 Å². The zero-order valence-electron chi connectivity index (χ0n) is 14.7. The quantitative estimate of drug-likeness (QED) is 0.644. The van der Waals surface area contributed by atoms with Gasteiger partial charge in [-0.3, -0.25) is 9.78 Å². The molecule has 0 aliphatic rings. The molecule has 2 heterocycles. The molecule has 0 spiro atoms. The summed E-state index contributed by atoms with van der Waals surface area (Å²) in [6, 6.07) is 11.8. The number of aromatic nitrogens is 5. The van der Waals surface area contributed by atoms with Crippen LogP contribution < -0.4 is 5.32 Å². The summed E-state index contributed by atoms with van der Waals surface area (Å²) in [5.74, 6) is -0.0438. The second kappa shape index (κ2) is 8.57. The predicted octanol–water partition coefficient (Wildman–Crippen LogP) is 2.21. The first-order chi connectivity index (χ1) is 12.6. The average Bonchev–Trinajstić information content (AvgIpc) is 3.10. The first kappa shape index (κ1) is 18.1. The van der Waals surface area contributed by atoms with Gasteiger partial charge >= 0.3 is 0 Å². The van der Waals surface area contributed by atoms with Crippen molar-refractivity contribution in [2.24, 2.45) is 0 Å². The zero-order valence-corrected chi connectivity index (χ0v) is 15.5. The van der Waals surface area contributed by atoms with Crippen LogP contribution in [0, 0.1) is 6.92 Å². The number of rotatable bonds is 7. The highest BCUT2D eigenvalue weighted by molar-refractivity contribution is 8.00. The summed E-state index contributed by atoms with van der Waals surface area (Å²) in [6.45, 7) is 4.43. The van der Waals surface area contributed by atoms with E-state index in [1.807, 2.05) is 50.2 Å². The van der Waals surface area contributed by atoms with Crippen molar-refractivity contribution in [1.29, 1.82) is 0 Å². The van der Waals surface area contributed by atoms with Gasteiger partial charge < -0.3 is 5.32 Å². The number of benzene rings is 1. The molecule has 0 bridgehead atoms. The summed E-state index contributed by atoms with van der Waals surface area (Å²) >= 11 is 1.33. The van der Waals surface area contributed by atoms with Crippen molar-refractivity contribution in [2.45, 2.75) is 30.7 Å². The fourth-order valence-corrected chi connectivity index (χ4v) is 3.24. The van der Waals surface area contributed by atoms with Crippen LogP contribution >= 0.6 is 11.8 Å². The molecule has 1 aromatic carbocycles. The van der Waals surface area contributed by atoms with Crippen LogP contribution in [0.25, 0.3) is 5.69 Å². The largest absolute Gasteiger partial charge is 0.355 e. The number of carbonyl (C=O) groups is 1. The molecular weight excluding hydrogens is 348 g/mol. The first-order valence-electron chi connectivity index (χ1n) is 8.32. The molecule has 134 valence electrons. The van der Waals surface area contributed by atoms with Crippen molar-refractivity contribution in [2.75, 3.05) is 6.54 Å². The van der Waals surface area contributed by atoms with E-state index in [0.717, 1.165) is 23.2 Å². The van der Waals surface area contributed by atoms with Gasteiger partial charge in [0.05, 0.1) is 10.9 Å². The van der Waals surface area contributed by atoms with E-state index in [9.17, 15) is 4.79 Å². The van der Waals surface area contributed by atoms with Crippen molar-refractivity contribution < 1.29 is 4.79 Å². The molecule has 1 atom stereocenters. The summed E-state index contributed by atoms with van der Waals surface area (Å²) in [4.78, 5) is 16.4. The van der Waals surface area contributed by atoms with Gasteiger partial charge in [0, 0.05) is 18.9 Å². The smallest absolute Gasteiger partial charge is 0.233 e. The number of hydrogen-bond acceptors (Lipinski definition) is 6. The SMILES string of the molecule is Cc1cccc(-n2nnnc2S[C@H](C)C(=O)NCCc2cccnc2)c1. The highest BCUT2D eigenvalue weighted by atomic mass is 32.2. The predicted molar refractivity (Wildman–Crippen MR) is 100 cm³/mol. The van der Waals surface area contributed by atoms with Crippen LogP contribution in [-0.2, 0) is 11.2 Å². The lowest BCUT2D eigenvalue weighted by Gasteiger charge is -2.12. The second-order valence-electron chi connectivity index (χ2n) is 5.87. The highest BCUT2D eigenvalue weighted by Crippen LogP contribution is 2.23. The van der Waals surface area contributed by atoms with Crippen molar-refractivity contribution >= 4 is 17.7 Å².